The smallest absolute Gasteiger partial charge is 0.122 e. The van der Waals surface area contributed by atoms with Crippen LogP contribution < -0.4 is 16.2 Å². The van der Waals surface area contributed by atoms with Crippen molar-refractivity contribution in [1.82, 2.24) is 5.43 Å². The molecular formula is C11H19N3O. The number of nitrogens with one attached hydrogen (secondary N) is 1. The van der Waals surface area contributed by atoms with Crippen molar-refractivity contribution in [2.45, 2.75) is 20.4 Å². The largest absolute Gasteiger partial charge is 0.508 e. The third-order valence-corrected chi connectivity index (χ3v) is 2.49. The van der Waals surface area contributed by atoms with Gasteiger partial charge in [-0.25, -0.2) is 0 Å². The lowest BCUT2D eigenvalue weighted by molar-refractivity contribution is 0.465. The number of anilines is 1. The highest BCUT2D eigenvalue weighted by Gasteiger charge is 2.05. The lowest BCUT2D eigenvalue weighted by Gasteiger charge is -2.21. The molecular weight excluding hydrogens is 190 g/mol. The lowest BCUT2D eigenvalue weighted by Crippen LogP contribution is -2.22. The van der Waals surface area contributed by atoms with Crippen LogP contribution in [0, 0.1) is 0 Å². The first-order valence-corrected chi connectivity index (χ1v) is 5.23. The van der Waals surface area contributed by atoms with E-state index < -0.39 is 0 Å². The quantitative estimate of drug-likeness (QED) is 0.504. The predicted octanol–water partition coefficient (Wildman–Crippen LogP) is 1.20. The lowest BCUT2D eigenvalue weighted by atomic mass is 10.1. The fourth-order valence-electron chi connectivity index (χ4n) is 1.60. The topological polar surface area (TPSA) is 61.5 Å². The number of benzene rings is 1. The van der Waals surface area contributed by atoms with E-state index in [0.29, 0.717) is 6.54 Å². The number of rotatable bonds is 5. The summed E-state index contributed by atoms with van der Waals surface area (Å²) < 4.78 is 0. The standard InChI is InChI=1S/C11H19N3O/c1-3-14(4-2)10-6-5-9(8-13-12)11(15)7-10/h5-7,13,15H,3-4,8,12H2,1-2H3. The molecule has 84 valence electrons. The molecule has 0 radical (unpaired) electrons. The molecule has 1 aromatic carbocycles. The molecule has 0 atom stereocenters. The van der Waals surface area contributed by atoms with E-state index in [1.165, 1.54) is 0 Å². The van der Waals surface area contributed by atoms with E-state index in [0.717, 1.165) is 24.3 Å². The Kier molecular flexibility index (Phi) is 4.39. The third-order valence-electron chi connectivity index (χ3n) is 2.49. The van der Waals surface area contributed by atoms with Crippen molar-refractivity contribution in [2.24, 2.45) is 5.84 Å². The summed E-state index contributed by atoms with van der Waals surface area (Å²) in [4.78, 5) is 2.18. The summed E-state index contributed by atoms with van der Waals surface area (Å²) in [6, 6.07) is 5.67. The van der Waals surface area contributed by atoms with Crippen molar-refractivity contribution in [3.8, 4) is 5.75 Å². The minimum absolute atomic E-state index is 0.289. The second-order valence-electron chi connectivity index (χ2n) is 3.37. The van der Waals surface area contributed by atoms with Crippen molar-refractivity contribution < 1.29 is 5.11 Å². The van der Waals surface area contributed by atoms with Gasteiger partial charge in [0.2, 0.25) is 0 Å². The number of nitrogens with zero attached hydrogens (tertiary/aromatic N) is 1. The van der Waals surface area contributed by atoms with E-state index in [9.17, 15) is 5.11 Å². The molecule has 0 aliphatic heterocycles. The third kappa shape index (κ3) is 2.84. The summed E-state index contributed by atoms with van der Waals surface area (Å²) >= 11 is 0. The monoisotopic (exact) mass is 209 g/mol. The highest BCUT2D eigenvalue weighted by atomic mass is 16.3. The van der Waals surface area contributed by atoms with Gasteiger partial charge in [0.1, 0.15) is 5.75 Å². The number of phenolic OH excluding ortho intramolecular Hbond substituents is 1. The number of hydrogen-bond donors (Lipinski definition) is 3. The van der Waals surface area contributed by atoms with Gasteiger partial charge in [-0.2, -0.15) is 0 Å². The van der Waals surface area contributed by atoms with E-state index >= 15 is 0 Å². The van der Waals surface area contributed by atoms with Crippen LogP contribution in [0.25, 0.3) is 0 Å². The van der Waals surface area contributed by atoms with Gasteiger partial charge in [-0.3, -0.25) is 11.3 Å². The molecule has 1 rings (SSSR count). The van der Waals surface area contributed by atoms with Gasteiger partial charge in [-0.1, -0.05) is 6.07 Å². The highest BCUT2D eigenvalue weighted by Crippen LogP contribution is 2.24. The molecule has 0 amide bonds. The molecule has 1 aromatic rings. The molecule has 4 heteroatoms. The van der Waals surface area contributed by atoms with E-state index in [1.807, 2.05) is 12.1 Å². The molecule has 15 heavy (non-hydrogen) atoms. The Morgan fingerprint density at radius 2 is 2.00 bits per heavy atom. The second kappa shape index (κ2) is 5.58. The summed E-state index contributed by atoms with van der Waals surface area (Å²) in [6.45, 7) is 6.53. The molecule has 0 saturated heterocycles. The maximum atomic E-state index is 9.74. The zero-order valence-electron chi connectivity index (χ0n) is 9.33. The van der Waals surface area contributed by atoms with Gasteiger partial charge in [0.25, 0.3) is 0 Å². The van der Waals surface area contributed by atoms with Gasteiger partial charge in [0.05, 0.1) is 0 Å². The number of hydrogen-bond acceptors (Lipinski definition) is 4. The van der Waals surface area contributed by atoms with Gasteiger partial charge < -0.3 is 10.0 Å². The Bertz CT molecular complexity index is 311. The van der Waals surface area contributed by atoms with Crippen molar-refractivity contribution in [3.05, 3.63) is 23.8 Å². The molecule has 0 heterocycles. The Hall–Kier alpha value is -1.26. The van der Waals surface area contributed by atoms with Crippen molar-refractivity contribution in [2.75, 3.05) is 18.0 Å². The van der Waals surface area contributed by atoms with E-state index in [4.69, 9.17) is 5.84 Å². The minimum Gasteiger partial charge on any atom is -0.508 e. The van der Waals surface area contributed by atoms with Gasteiger partial charge in [-0.15, -0.1) is 0 Å². The van der Waals surface area contributed by atoms with Crippen molar-refractivity contribution in [1.29, 1.82) is 0 Å². The fourth-order valence-corrected chi connectivity index (χ4v) is 1.60. The molecule has 4 nitrogen and oxygen atoms in total. The number of nitrogens with two attached hydrogens (primary N) is 1. The predicted molar refractivity (Wildman–Crippen MR) is 62.7 cm³/mol. The zero-order chi connectivity index (χ0) is 11.3. The maximum absolute atomic E-state index is 9.74. The number of hydrazine groups is 1. The Balaban J connectivity index is 2.89. The van der Waals surface area contributed by atoms with Gasteiger partial charge in [-0.05, 0) is 19.9 Å². The SMILES string of the molecule is CCN(CC)c1ccc(CNN)c(O)c1. The minimum atomic E-state index is 0.289. The summed E-state index contributed by atoms with van der Waals surface area (Å²) in [5, 5.41) is 9.74. The molecule has 0 saturated carbocycles. The average molecular weight is 209 g/mol. The van der Waals surface area contributed by atoms with Gasteiger partial charge in [0, 0.05) is 37.0 Å². The average Bonchev–Trinajstić information content (AvgIpc) is 2.24. The summed E-state index contributed by atoms with van der Waals surface area (Å²) in [6.07, 6.45) is 0. The normalized spacial score (nSPS) is 10.3. The van der Waals surface area contributed by atoms with Crippen LogP contribution in [0.5, 0.6) is 5.75 Å². The Labute approximate surface area is 90.7 Å². The molecule has 0 unspecified atom stereocenters. The maximum Gasteiger partial charge on any atom is 0.122 e. The van der Waals surface area contributed by atoms with Crippen LogP contribution in [0.15, 0.2) is 18.2 Å². The van der Waals surface area contributed by atoms with E-state index in [-0.39, 0.29) is 5.75 Å². The van der Waals surface area contributed by atoms with Crippen LogP contribution in [0.3, 0.4) is 0 Å². The van der Waals surface area contributed by atoms with Gasteiger partial charge in [0.15, 0.2) is 0 Å². The highest BCUT2D eigenvalue weighted by molar-refractivity contribution is 5.53. The Morgan fingerprint density at radius 1 is 1.33 bits per heavy atom. The number of phenols is 1. The molecule has 0 aromatic heterocycles. The van der Waals surface area contributed by atoms with Crippen LogP contribution in [0.4, 0.5) is 5.69 Å². The van der Waals surface area contributed by atoms with E-state index in [1.54, 1.807) is 6.07 Å². The van der Waals surface area contributed by atoms with Crippen LogP contribution in [-0.4, -0.2) is 18.2 Å². The first-order valence-electron chi connectivity index (χ1n) is 5.23. The summed E-state index contributed by atoms with van der Waals surface area (Å²) in [5.74, 6) is 5.50. The molecule has 0 bridgehead atoms. The van der Waals surface area contributed by atoms with Crippen LogP contribution >= 0.6 is 0 Å². The summed E-state index contributed by atoms with van der Waals surface area (Å²) in [5.41, 5.74) is 4.38. The second-order valence-corrected chi connectivity index (χ2v) is 3.37. The van der Waals surface area contributed by atoms with Crippen LogP contribution in [0.1, 0.15) is 19.4 Å². The fraction of sp³-hybridized carbons (Fsp3) is 0.455. The molecule has 0 aliphatic rings. The Morgan fingerprint density at radius 3 is 2.47 bits per heavy atom. The first kappa shape index (κ1) is 11.8. The zero-order valence-corrected chi connectivity index (χ0v) is 9.33. The van der Waals surface area contributed by atoms with Crippen LogP contribution in [-0.2, 0) is 6.54 Å². The first-order chi connectivity index (χ1) is 7.22. The summed E-state index contributed by atoms with van der Waals surface area (Å²) in [7, 11) is 0. The number of aromatic hydroxyl groups is 1. The molecule has 0 aliphatic carbocycles. The van der Waals surface area contributed by atoms with Crippen LogP contribution in [0.2, 0.25) is 0 Å². The molecule has 0 spiro atoms. The van der Waals surface area contributed by atoms with Gasteiger partial charge >= 0.3 is 0 Å². The molecule has 4 N–H and O–H groups in total. The molecule has 0 fully saturated rings. The van der Waals surface area contributed by atoms with Crippen molar-refractivity contribution in [3.63, 3.8) is 0 Å². The van der Waals surface area contributed by atoms with E-state index in [2.05, 4.69) is 24.2 Å². The van der Waals surface area contributed by atoms with Crippen molar-refractivity contribution >= 4 is 5.69 Å².